The number of hydrogen-bond acceptors (Lipinski definition) is 4. The first kappa shape index (κ1) is 10.8. The molecule has 1 aromatic rings. The maximum Gasteiger partial charge on any atom is 0.208 e. The third-order valence-corrected chi connectivity index (χ3v) is 1.68. The summed E-state index contributed by atoms with van der Waals surface area (Å²) in [5.74, 6) is -0.198. The number of halogens is 1. The van der Waals surface area contributed by atoms with Crippen molar-refractivity contribution in [3.05, 3.63) is 11.9 Å². The molecule has 6 heteroatoms. The second kappa shape index (κ2) is 5.43. The number of Topliss-reactive ketones (excluding diaryl/α,β-unsaturated/α-hetero) is 1. The molecule has 0 saturated carbocycles. The number of aromatic nitrogens is 3. The number of nitrogens with zero attached hydrogens (tertiary/aromatic N) is 3. The molecule has 0 N–H and O–H groups in total. The van der Waals surface area contributed by atoms with Crippen molar-refractivity contribution in [1.29, 1.82) is 0 Å². The van der Waals surface area contributed by atoms with E-state index in [1.807, 2.05) is 0 Å². The fourth-order valence-corrected chi connectivity index (χ4v) is 1.05. The molecule has 0 bridgehead atoms. The van der Waals surface area contributed by atoms with Crippen molar-refractivity contribution in [3.63, 3.8) is 0 Å². The monoisotopic (exact) mass is 201 g/mol. The van der Waals surface area contributed by atoms with Gasteiger partial charge >= 0.3 is 0 Å². The lowest BCUT2D eigenvalue weighted by molar-refractivity contribution is 0.0836. The Morgan fingerprint density at radius 1 is 1.71 bits per heavy atom. The summed E-state index contributed by atoms with van der Waals surface area (Å²) in [6, 6.07) is 0. The van der Waals surface area contributed by atoms with E-state index in [9.17, 15) is 9.18 Å². The zero-order chi connectivity index (χ0) is 10.4. The summed E-state index contributed by atoms with van der Waals surface area (Å²) in [6.07, 6.45) is 1.69. The average molecular weight is 201 g/mol. The lowest BCUT2D eigenvalue weighted by Gasteiger charge is -2.02. The average Bonchev–Trinajstić information content (AvgIpc) is 2.63. The van der Waals surface area contributed by atoms with Gasteiger partial charge in [-0.1, -0.05) is 5.21 Å². The Bertz CT molecular complexity index is 301. The smallest absolute Gasteiger partial charge is 0.208 e. The van der Waals surface area contributed by atoms with Crippen LogP contribution in [0.3, 0.4) is 0 Å². The molecule has 0 saturated heterocycles. The predicted molar refractivity (Wildman–Crippen MR) is 46.8 cm³/mol. The number of methoxy groups -OCH3 is 1. The SMILES string of the molecule is COCC(=O)c1cnnn1CCCF. The van der Waals surface area contributed by atoms with E-state index in [4.69, 9.17) is 4.74 Å². The van der Waals surface area contributed by atoms with Crippen LogP contribution in [0.4, 0.5) is 4.39 Å². The number of carbonyl (C=O) groups is 1. The molecule has 5 nitrogen and oxygen atoms in total. The Morgan fingerprint density at radius 2 is 2.50 bits per heavy atom. The minimum atomic E-state index is -0.433. The molecule has 0 aliphatic heterocycles. The molecule has 0 unspecified atom stereocenters. The summed E-state index contributed by atoms with van der Waals surface area (Å²) in [4.78, 5) is 11.4. The van der Waals surface area contributed by atoms with Crippen molar-refractivity contribution in [2.75, 3.05) is 20.4 Å². The van der Waals surface area contributed by atoms with Gasteiger partial charge in [-0.25, -0.2) is 4.68 Å². The summed E-state index contributed by atoms with van der Waals surface area (Å²) in [5, 5.41) is 7.27. The van der Waals surface area contributed by atoms with Crippen molar-refractivity contribution in [2.24, 2.45) is 0 Å². The van der Waals surface area contributed by atoms with Gasteiger partial charge in [-0.05, 0) is 6.42 Å². The highest BCUT2D eigenvalue weighted by Crippen LogP contribution is 2.00. The van der Waals surface area contributed by atoms with Crippen molar-refractivity contribution >= 4 is 5.78 Å². The largest absolute Gasteiger partial charge is 0.376 e. The van der Waals surface area contributed by atoms with Gasteiger partial charge in [0, 0.05) is 13.7 Å². The topological polar surface area (TPSA) is 57.0 Å². The highest BCUT2D eigenvalue weighted by Gasteiger charge is 2.12. The summed E-state index contributed by atoms with van der Waals surface area (Å²) in [5.41, 5.74) is 0.361. The van der Waals surface area contributed by atoms with Gasteiger partial charge in [-0.3, -0.25) is 9.18 Å². The molecule has 0 spiro atoms. The molecule has 0 atom stereocenters. The van der Waals surface area contributed by atoms with Crippen LogP contribution < -0.4 is 0 Å². The maximum atomic E-state index is 11.9. The number of ether oxygens (including phenoxy) is 1. The number of ketones is 1. The number of rotatable bonds is 6. The summed E-state index contributed by atoms with van der Waals surface area (Å²) >= 11 is 0. The Hall–Kier alpha value is -1.30. The van der Waals surface area contributed by atoms with Gasteiger partial charge in [0.2, 0.25) is 5.78 Å². The normalized spacial score (nSPS) is 10.4. The molecule has 0 radical (unpaired) electrons. The second-order valence-corrected chi connectivity index (χ2v) is 2.74. The number of carbonyl (C=O) groups excluding carboxylic acids is 1. The lowest BCUT2D eigenvalue weighted by Crippen LogP contribution is -2.15. The van der Waals surface area contributed by atoms with E-state index < -0.39 is 6.67 Å². The van der Waals surface area contributed by atoms with E-state index in [2.05, 4.69) is 10.3 Å². The molecular weight excluding hydrogens is 189 g/mol. The minimum Gasteiger partial charge on any atom is -0.376 e. The zero-order valence-electron chi connectivity index (χ0n) is 7.94. The highest BCUT2D eigenvalue weighted by molar-refractivity contribution is 5.95. The number of aryl methyl sites for hydroxylation is 1. The fourth-order valence-electron chi connectivity index (χ4n) is 1.05. The summed E-state index contributed by atoms with van der Waals surface area (Å²) in [6.45, 7) is -0.0813. The summed E-state index contributed by atoms with van der Waals surface area (Å²) < 4.78 is 18.0. The first-order valence-electron chi connectivity index (χ1n) is 4.26. The third kappa shape index (κ3) is 2.59. The molecule has 14 heavy (non-hydrogen) atoms. The van der Waals surface area contributed by atoms with Crippen LogP contribution in [0.1, 0.15) is 16.9 Å². The van der Waals surface area contributed by atoms with E-state index in [1.54, 1.807) is 0 Å². The van der Waals surface area contributed by atoms with Gasteiger partial charge < -0.3 is 4.74 Å². The van der Waals surface area contributed by atoms with Crippen LogP contribution in [0, 0.1) is 0 Å². The van der Waals surface area contributed by atoms with E-state index in [0.717, 1.165) is 0 Å². The van der Waals surface area contributed by atoms with Crippen LogP contribution in [0.15, 0.2) is 6.20 Å². The van der Waals surface area contributed by atoms with E-state index >= 15 is 0 Å². The first-order chi connectivity index (χ1) is 6.79. The Balaban J connectivity index is 2.66. The number of alkyl halides is 1. The van der Waals surface area contributed by atoms with Gasteiger partial charge in [0.1, 0.15) is 12.3 Å². The van der Waals surface area contributed by atoms with Gasteiger partial charge in [0.15, 0.2) is 0 Å². The quantitative estimate of drug-likeness (QED) is 0.628. The van der Waals surface area contributed by atoms with Crippen molar-refractivity contribution in [3.8, 4) is 0 Å². The molecule has 0 fully saturated rings. The minimum absolute atomic E-state index is 0.0109. The lowest BCUT2D eigenvalue weighted by atomic mass is 10.3. The van der Waals surface area contributed by atoms with Gasteiger partial charge in [-0.2, -0.15) is 0 Å². The van der Waals surface area contributed by atoms with Crippen LogP contribution in [-0.4, -0.2) is 41.2 Å². The van der Waals surface area contributed by atoms with E-state index in [-0.39, 0.29) is 12.4 Å². The van der Waals surface area contributed by atoms with Crippen LogP contribution in [0.2, 0.25) is 0 Å². The molecule has 0 amide bonds. The molecule has 0 aliphatic rings. The number of hydrogen-bond donors (Lipinski definition) is 0. The van der Waals surface area contributed by atoms with Crippen LogP contribution in [-0.2, 0) is 11.3 Å². The predicted octanol–water partition coefficient (Wildman–Crippen LogP) is 0.467. The maximum absolute atomic E-state index is 11.9. The Kier molecular flexibility index (Phi) is 4.18. The highest BCUT2D eigenvalue weighted by atomic mass is 19.1. The van der Waals surface area contributed by atoms with Crippen LogP contribution in [0.5, 0.6) is 0 Å². The van der Waals surface area contributed by atoms with Crippen molar-refractivity contribution in [1.82, 2.24) is 15.0 Å². The molecule has 0 aromatic carbocycles. The summed E-state index contributed by atoms with van der Waals surface area (Å²) in [7, 11) is 1.44. The Morgan fingerprint density at radius 3 is 3.14 bits per heavy atom. The molecule has 1 heterocycles. The van der Waals surface area contributed by atoms with E-state index in [0.29, 0.717) is 18.7 Å². The van der Waals surface area contributed by atoms with Gasteiger partial charge in [-0.15, -0.1) is 5.10 Å². The van der Waals surface area contributed by atoms with Crippen LogP contribution in [0.25, 0.3) is 0 Å². The molecule has 1 rings (SSSR count). The first-order valence-corrected chi connectivity index (χ1v) is 4.26. The van der Waals surface area contributed by atoms with Gasteiger partial charge in [0.05, 0.1) is 12.9 Å². The molecule has 1 aromatic heterocycles. The molecular formula is C8H12FN3O2. The fraction of sp³-hybridized carbons (Fsp3) is 0.625. The van der Waals surface area contributed by atoms with Crippen molar-refractivity contribution in [2.45, 2.75) is 13.0 Å². The third-order valence-electron chi connectivity index (χ3n) is 1.68. The molecule has 78 valence electrons. The Labute approximate surface area is 80.9 Å². The van der Waals surface area contributed by atoms with Crippen LogP contribution >= 0.6 is 0 Å². The second-order valence-electron chi connectivity index (χ2n) is 2.74. The molecule has 0 aliphatic carbocycles. The van der Waals surface area contributed by atoms with Gasteiger partial charge in [0.25, 0.3) is 0 Å². The van der Waals surface area contributed by atoms with Crippen molar-refractivity contribution < 1.29 is 13.9 Å². The zero-order valence-corrected chi connectivity index (χ0v) is 7.94. The standard InChI is InChI=1S/C8H12FN3O2/c1-14-6-8(13)7-5-10-11-12(7)4-2-3-9/h5H,2-4,6H2,1H3. The van der Waals surface area contributed by atoms with E-state index in [1.165, 1.54) is 18.0 Å².